The normalized spacial score (nSPS) is 17.9. The number of aromatic carboxylic acids is 1. The lowest BCUT2D eigenvalue weighted by Gasteiger charge is -2.25. The zero-order chi connectivity index (χ0) is 13.7. The van der Waals surface area contributed by atoms with Gasteiger partial charge in [0.2, 0.25) is 0 Å². The van der Waals surface area contributed by atoms with E-state index < -0.39 is 5.97 Å². The molecule has 0 aliphatic carbocycles. The second-order valence-electron chi connectivity index (χ2n) is 4.93. The molecule has 1 aliphatic heterocycles. The fourth-order valence-corrected chi connectivity index (χ4v) is 2.31. The molecule has 2 heterocycles. The molecule has 2 N–H and O–H groups in total. The van der Waals surface area contributed by atoms with Crippen LogP contribution in [0.25, 0.3) is 0 Å². The molecule has 1 aliphatic rings. The predicted molar refractivity (Wildman–Crippen MR) is 70.2 cm³/mol. The van der Waals surface area contributed by atoms with Gasteiger partial charge in [-0.1, -0.05) is 0 Å². The van der Waals surface area contributed by atoms with Crippen LogP contribution >= 0.6 is 0 Å². The lowest BCUT2D eigenvalue weighted by molar-refractivity contribution is 0.0629. The lowest BCUT2D eigenvalue weighted by atomic mass is 9.93. The van der Waals surface area contributed by atoms with Gasteiger partial charge in [-0.25, -0.2) is 14.8 Å². The van der Waals surface area contributed by atoms with Gasteiger partial charge in [0.1, 0.15) is 5.82 Å². The van der Waals surface area contributed by atoms with Crippen molar-refractivity contribution in [2.45, 2.75) is 32.2 Å². The van der Waals surface area contributed by atoms with Gasteiger partial charge in [-0.05, 0) is 32.1 Å². The summed E-state index contributed by atoms with van der Waals surface area (Å²) in [4.78, 5) is 18.5. The van der Waals surface area contributed by atoms with Gasteiger partial charge in [-0.3, -0.25) is 0 Å². The molecule has 0 amide bonds. The minimum Gasteiger partial charge on any atom is -0.476 e. The molecule has 0 radical (unpaired) electrons. The molecular weight excluding hydrogens is 246 g/mol. The summed E-state index contributed by atoms with van der Waals surface area (Å²) in [6, 6.07) is 0.285. The Bertz CT molecular complexity index is 416. The number of aromatic nitrogens is 2. The molecule has 6 nitrogen and oxygen atoms in total. The summed E-state index contributed by atoms with van der Waals surface area (Å²) in [5.41, 5.74) is -0.0392. The highest BCUT2D eigenvalue weighted by molar-refractivity contribution is 5.84. The maximum Gasteiger partial charge on any atom is 0.356 e. The molecule has 1 atom stereocenters. The molecule has 19 heavy (non-hydrogen) atoms. The minimum atomic E-state index is -1.06. The van der Waals surface area contributed by atoms with Crippen molar-refractivity contribution in [2.24, 2.45) is 5.92 Å². The van der Waals surface area contributed by atoms with Crippen molar-refractivity contribution in [3.05, 3.63) is 18.1 Å². The van der Waals surface area contributed by atoms with E-state index in [9.17, 15) is 4.79 Å². The van der Waals surface area contributed by atoms with E-state index in [-0.39, 0.29) is 11.7 Å². The fourth-order valence-electron chi connectivity index (χ4n) is 2.31. The molecule has 1 saturated heterocycles. The Morgan fingerprint density at radius 3 is 2.79 bits per heavy atom. The second kappa shape index (κ2) is 6.47. The summed E-state index contributed by atoms with van der Waals surface area (Å²) in [6.07, 6.45) is 6.01. The molecule has 0 saturated carbocycles. The van der Waals surface area contributed by atoms with Crippen LogP contribution in [0.1, 0.15) is 36.7 Å². The number of hydrogen-bond donors (Lipinski definition) is 2. The maximum absolute atomic E-state index is 10.7. The zero-order valence-electron chi connectivity index (χ0n) is 11.0. The summed E-state index contributed by atoms with van der Waals surface area (Å²) in [6.45, 7) is 3.80. The first-order valence-electron chi connectivity index (χ1n) is 6.55. The molecule has 0 spiro atoms. The summed E-state index contributed by atoms with van der Waals surface area (Å²) in [7, 11) is 0. The predicted octanol–water partition coefficient (Wildman–Crippen LogP) is 1.79. The van der Waals surface area contributed by atoms with E-state index >= 15 is 0 Å². The number of carboxylic acid groups (broad SMARTS) is 1. The van der Waals surface area contributed by atoms with Crippen molar-refractivity contribution in [2.75, 3.05) is 18.5 Å². The SMILES string of the molecule is CC(CC1CCOCC1)Nc1cnc(C(=O)O)cn1. The maximum atomic E-state index is 10.7. The lowest BCUT2D eigenvalue weighted by Crippen LogP contribution is -2.24. The van der Waals surface area contributed by atoms with Crippen LogP contribution in [0, 0.1) is 5.92 Å². The smallest absolute Gasteiger partial charge is 0.356 e. The molecule has 1 aromatic heterocycles. The molecular formula is C13H19N3O3. The summed E-state index contributed by atoms with van der Waals surface area (Å²) in [5, 5.41) is 12.0. The van der Waals surface area contributed by atoms with Crippen molar-refractivity contribution in [3.8, 4) is 0 Å². The number of anilines is 1. The third-order valence-electron chi connectivity index (χ3n) is 3.29. The second-order valence-corrected chi connectivity index (χ2v) is 4.93. The standard InChI is InChI=1S/C13H19N3O3/c1-9(6-10-2-4-19-5-3-10)16-12-8-14-11(7-15-12)13(17)18/h7-10H,2-6H2,1H3,(H,15,16)(H,17,18). The van der Waals surface area contributed by atoms with Gasteiger partial charge in [0.05, 0.1) is 12.4 Å². The number of nitrogens with zero attached hydrogens (tertiary/aromatic N) is 2. The molecule has 1 aromatic rings. The topological polar surface area (TPSA) is 84.3 Å². The first kappa shape index (κ1) is 13.7. The summed E-state index contributed by atoms with van der Waals surface area (Å²) < 4.78 is 5.34. The average molecular weight is 265 g/mol. The van der Waals surface area contributed by atoms with E-state index in [1.807, 2.05) is 0 Å². The Hall–Kier alpha value is -1.69. The Labute approximate surface area is 112 Å². The summed E-state index contributed by atoms with van der Waals surface area (Å²) >= 11 is 0. The van der Waals surface area contributed by atoms with Crippen molar-refractivity contribution < 1.29 is 14.6 Å². The van der Waals surface area contributed by atoms with E-state index in [1.165, 1.54) is 12.4 Å². The van der Waals surface area contributed by atoms with Crippen LogP contribution in [-0.2, 0) is 4.74 Å². The largest absolute Gasteiger partial charge is 0.476 e. The molecule has 104 valence electrons. The highest BCUT2D eigenvalue weighted by Gasteiger charge is 2.17. The van der Waals surface area contributed by atoms with Gasteiger partial charge in [0.25, 0.3) is 0 Å². The Morgan fingerprint density at radius 2 is 2.21 bits per heavy atom. The van der Waals surface area contributed by atoms with Crippen molar-refractivity contribution in [1.29, 1.82) is 0 Å². The Morgan fingerprint density at radius 1 is 1.47 bits per heavy atom. The summed E-state index contributed by atoms with van der Waals surface area (Å²) in [5.74, 6) is 0.237. The van der Waals surface area contributed by atoms with Gasteiger partial charge in [-0.15, -0.1) is 0 Å². The van der Waals surface area contributed by atoms with Crippen LogP contribution in [0.3, 0.4) is 0 Å². The van der Waals surface area contributed by atoms with Gasteiger partial charge in [0, 0.05) is 19.3 Å². The van der Waals surface area contributed by atoms with E-state index in [4.69, 9.17) is 9.84 Å². The van der Waals surface area contributed by atoms with E-state index in [0.29, 0.717) is 11.7 Å². The van der Waals surface area contributed by atoms with Gasteiger partial charge >= 0.3 is 5.97 Å². The highest BCUT2D eigenvalue weighted by Crippen LogP contribution is 2.21. The Kier molecular flexibility index (Phi) is 4.68. The van der Waals surface area contributed by atoms with Crippen LogP contribution in [0.2, 0.25) is 0 Å². The first-order chi connectivity index (χ1) is 9.15. The number of nitrogens with one attached hydrogen (secondary N) is 1. The number of carboxylic acids is 1. The number of rotatable bonds is 5. The zero-order valence-corrected chi connectivity index (χ0v) is 11.0. The molecule has 0 bridgehead atoms. The monoisotopic (exact) mass is 265 g/mol. The third-order valence-corrected chi connectivity index (χ3v) is 3.29. The van der Waals surface area contributed by atoms with E-state index in [0.717, 1.165) is 32.5 Å². The van der Waals surface area contributed by atoms with E-state index in [1.54, 1.807) is 0 Å². The van der Waals surface area contributed by atoms with Crippen LogP contribution in [-0.4, -0.2) is 40.3 Å². The third kappa shape index (κ3) is 4.17. The first-order valence-corrected chi connectivity index (χ1v) is 6.55. The van der Waals surface area contributed by atoms with Crippen molar-refractivity contribution in [3.63, 3.8) is 0 Å². The van der Waals surface area contributed by atoms with E-state index in [2.05, 4.69) is 22.2 Å². The van der Waals surface area contributed by atoms with Crippen LogP contribution in [0.4, 0.5) is 5.82 Å². The molecule has 0 aromatic carbocycles. The molecule has 6 heteroatoms. The quantitative estimate of drug-likeness (QED) is 0.844. The van der Waals surface area contributed by atoms with Crippen LogP contribution in [0.5, 0.6) is 0 Å². The average Bonchev–Trinajstić information content (AvgIpc) is 2.40. The van der Waals surface area contributed by atoms with Gasteiger partial charge in [0.15, 0.2) is 5.69 Å². The molecule has 1 fully saturated rings. The number of ether oxygens (including phenoxy) is 1. The molecule has 2 rings (SSSR count). The Balaban J connectivity index is 1.83. The van der Waals surface area contributed by atoms with Crippen molar-refractivity contribution >= 4 is 11.8 Å². The van der Waals surface area contributed by atoms with Crippen LogP contribution < -0.4 is 5.32 Å². The number of hydrogen-bond acceptors (Lipinski definition) is 5. The number of carbonyl (C=O) groups is 1. The minimum absolute atomic E-state index is 0.0392. The molecule has 1 unspecified atom stereocenters. The van der Waals surface area contributed by atoms with Crippen molar-refractivity contribution in [1.82, 2.24) is 9.97 Å². The highest BCUT2D eigenvalue weighted by atomic mass is 16.5. The van der Waals surface area contributed by atoms with Crippen LogP contribution in [0.15, 0.2) is 12.4 Å². The fraction of sp³-hybridized carbons (Fsp3) is 0.615. The van der Waals surface area contributed by atoms with Gasteiger partial charge in [-0.2, -0.15) is 0 Å². The van der Waals surface area contributed by atoms with Gasteiger partial charge < -0.3 is 15.2 Å².